The first-order valence-electron chi connectivity index (χ1n) is 12.1. The summed E-state index contributed by atoms with van der Waals surface area (Å²) >= 11 is 1.97. The molecule has 0 bridgehead atoms. The topological polar surface area (TPSA) is 58.1 Å². The van der Waals surface area contributed by atoms with E-state index in [-0.39, 0.29) is 11.7 Å². The Labute approximate surface area is 196 Å². The van der Waals surface area contributed by atoms with Crippen LogP contribution in [-0.4, -0.2) is 77.5 Å². The highest BCUT2D eigenvalue weighted by molar-refractivity contribution is 7.97. The third-order valence-electron chi connectivity index (χ3n) is 6.52. The summed E-state index contributed by atoms with van der Waals surface area (Å²) in [6, 6.07) is 4.11. The number of carbonyl (C=O) groups is 1. The van der Waals surface area contributed by atoms with Crippen LogP contribution in [-0.2, 0) is 4.74 Å². The number of anilines is 1. The number of hydrogen-bond acceptors (Lipinski definition) is 7. The van der Waals surface area contributed by atoms with Crippen LogP contribution in [0.1, 0.15) is 46.5 Å². The molecular weight excluding hydrogens is 424 g/mol. The second-order valence-electron chi connectivity index (χ2n) is 10.0. The lowest BCUT2D eigenvalue weighted by Gasteiger charge is -2.35. The highest BCUT2D eigenvalue weighted by Crippen LogP contribution is 2.39. The second-order valence-corrected chi connectivity index (χ2v) is 11.1. The van der Waals surface area contributed by atoms with E-state index >= 15 is 0 Å². The van der Waals surface area contributed by atoms with Crippen molar-refractivity contribution in [2.45, 2.75) is 52.1 Å². The number of nitrogens with zero attached hydrogens (tertiary/aromatic N) is 4. The first kappa shape index (κ1) is 23.5. The molecule has 2 saturated heterocycles. The summed E-state index contributed by atoms with van der Waals surface area (Å²) < 4.78 is 14.1. The Balaban J connectivity index is 1.15. The van der Waals surface area contributed by atoms with Gasteiger partial charge in [0, 0.05) is 45.0 Å². The largest absolute Gasteiger partial charge is 0.492 e. The van der Waals surface area contributed by atoms with Crippen molar-refractivity contribution in [2.75, 3.05) is 56.5 Å². The van der Waals surface area contributed by atoms with Gasteiger partial charge >= 0.3 is 6.09 Å². The van der Waals surface area contributed by atoms with Crippen LogP contribution >= 0.6 is 11.9 Å². The van der Waals surface area contributed by atoms with Crippen molar-refractivity contribution >= 4 is 23.9 Å². The molecule has 3 fully saturated rings. The van der Waals surface area contributed by atoms with Crippen molar-refractivity contribution in [1.82, 2.24) is 14.2 Å². The van der Waals surface area contributed by atoms with Gasteiger partial charge in [0.05, 0.1) is 12.8 Å². The van der Waals surface area contributed by atoms with E-state index in [2.05, 4.69) is 34.1 Å². The molecule has 4 rings (SSSR count). The molecule has 1 aromatic rings. The normalized spacial score (nSPS) is 21.6. The van der Waals surface area contributed by atoms with Gasteiger partial charge < -0.3 is 19.3 Å². The Hall–Kier alpha value is -1.67. The van der Waals surface area contributed by atoms with Gasteiger partial charge in [-0.05, 0) is 56.6 Å². The average molecular weight is 463 g/mol. The molecule has 1 aliphatic carbocycles. The van der Waals surface area contributed by atoms with Crippen molar-refractivity contribution in [1.29, 1.82) is 0 Å². The predicted octanol–water partition coefficient (Wildman–Crippen LogP) is 4.29. The van der Waals surface area contributed by atoms with E-state index in [1.165, 1.54) is 5.75 Å². The maximum absolute atomic E-state index is 12.2. The molecular formula is C24H38N4O3S. The molecule has 7 nitrogen and oxygen atoms in total. The van der Waals surface area contributed by atoms with Crippen LogP contribution in [0.5, 0.6) is 5.75 Å². The SMILES string of the molecule is CC(C)CSN1CCN(c2ccc(OCC3CCN(C(=O)OC4(C)CC4)CC3)cn2)CC1. The molecule has 0 spiro atoms. The summed E-state index contributed by atoms with van der Waals surface area (Å²) in [7, 11) is 0. The molecule has 1 aromatic heterocycles. The molecule has 0 radical (unpaired) electrons. The molecule has 3 aliphatic rings. The fourth-order valence-electron chi connectivity index (χ4n) is 4.00. The number of hydrogen-bond donors (Lipinski definition) is 0. The van der Waals surface area contributed by atoms with Gasteiger partial charge in [0.1, 0.15) is 17.2 Å². The lowest BCUT2D eigenvalue weighted by molar-refractivity contribution is 0.0456. The lowest BCUT2D eigenvalue weighted by Crippen LogP contribution is -2.44. The van der Waals surface area contributed by atoms with Crippen molar-refractivity contribution in [3.05, 3.63) is 18.3 Å². The van der Waals surface area contributed by atoms with E-state index < -0.39 is 0 Å². The summed E-state index contributed by atoms with van der Waals surface area (Å²) in [6.07, 6.45) is 5.58. The maximum Gasteiger partial charge on any atom is 0.410 e. The average Bonchev–Trinajstić information content (AvgIpc) is 3.53. The quantitative estimate of drug-likeness (QED) is 0.534. The molecule has 0 N–H and O–H groups in total. The van der Waals surface area contributed by atoms with E-state index in [1.807, 2.05) is 36.0 Å². The monoisotopic (exact) mass is 462 g/mol. The smallest absolute Gasteiger partial charge is 0.410 e. The number of rotatable bonds is 8. The van der Waals surface area contributed by atoms with E-state index in [1.54, 1.807) is 0 Å². The standard InChI is InChI=1S/C24H38N4O3S/c1-19(2)18-32-28-14-12-26(13-15-28)22-5-4-21(16-25-22)30-17-20-6-10-27(11-7-20)23(29)31-24(3)8-9-24/h4-5,16,19-20H,6-15,17-18H2,1-3H3. The van der Waals surface area contributed by atoms with E-state index in [0.717, 1.165) is 82.4 Å². The number of carbonyl (C=O) groups excluding carboxylic acids is 1. The lowest BCUT2D eigenvalue weighted by atomic mass is 9.98. The summed E-state index contributed by atoms with van der Waals surface area (Å²) in [6.45, 7) is 12.9. The van der Waals surface area contributed by atoms with Gasteiger partial charge in [0.25, 0.3) is 0 Å². The highest BCUT2D eigenvalue weighted by Gasteiger charge is 2.43. The van der Waals surface area contributed by atoms with Gasteiger partial charge in [0.15, 0.2) is 0 Å². The fourth-order valence-corrected chi connectivity index (χ4v) is 4.93. The Bertz CT molecular complexity index is 740. The summed E-state index contributed by atoms with van der Waals surface area (Å²) in [4.78, 5) is 21.1. The van der Waals surface area contributed by atoms with Gasteiger partial charge in [-0.3, -0.25) is 0 Å². The van der Waals surface area contributed by atoms with Crippen molar-refractivity contribution in [2.24, 2.45) is 11.8 Å². The van der Waals surface area contributed by atoms with E-state index in [0.29, 0.717) is 12.5 Å². The van der Waals surface area contributed by atoms with Crippen LogP contribution < -0.4 is 9.64 Å². The Morgan fingerprint density at radius 1 is 1.16 bits per heavy atom. The summed E-state index contributed by atoms with van der Waals surface area (Å²) in [5, 5.41) is 0. The summed E-state index contributed by atoms with van der Waals surface area (Å²) in [5.74, 6) is 4.23. The Morgan fingerprint density at radius 3 is 2.47 bits per heavy atom. The van der Waals surface area contributed by atoms with Crippen LogP contribution in [0.4, 0.5) is 10.6 Å². The maximum atomic E-state index is 12.2. The van der Waals surface area contributed by atoms with E-state index in [4.69, 9.17) is 9.47 Å². The minimum Gasteiger partial charge on any atom is -0.492 e. The van der Waals surface area contributed by atoms with Crippen molar-refractivity contribution in [3.63, 3.8) is 0 Å². The molecule has 3 heterocycles. The summed E-state index contributed by atoms with van der Waals surface area (Å²) in [5.41, 5.74) is -0.198. The fraction of sp³-hybridized carbons (Fsp3) is 0.750. The van der Waals surface area contributed by atoms with Crippen LogP contribution in [0.3, 0.4) is 0 Å². The Morgan fingerprint density at radius 2 is 1.88 bits per heavy atom. The number of amides is 1. The molecule has 2 aliphatic heterocycles. The van der Waals surface area contributed by atoms with Gasteiger partial charge in [-0.2, -0.15) is 0 Å². The van der Waals surface area contributed by atoms with Crippen LogP contribution in [0, 0.1) is 11.8 Å². The molecule has 0 atom stereocenters. The number of piperidine rings is 1. The predicted molar refractivity (Wildman–Crippen MR) is 129 cm³/mol. The molecule has 178 valence electrons. The third kappa shape index (κ3) is 6.67. The molecule has 1 amide bonds. The van der Waals surface area contributed by atoms with Crippen LogP contribution in [0.2, 0.25) is 0 Å². The zero-order chi connectivity index (χ0) is 22.6. The van der Waals surface area contributed by atoms with Crippen LogP contribution in [0.15, 0.2) is 18.3 Å². The van der Waals surface area contributed by atoms with E-state index in [9.17, 15) is 4.79 Å². The van der Waals surface area contributed by atoms with Gasteiger partial charge in [-0.15, -0.1) is 0 Å². The minimum atomic E-state index is -0.198. The third-order valence-corrected chi connectivity index (χ3v) is 8.07. The number of pyridine rings is 1. The van der Waals surface area contributed by atoms with Gasteiger partial charge in [0.2, 0.25) is 0 Å². The van der Waals surface area contributed by atoms with Crippen molar-refractivity contribution < 1.29 is 14.3 Å². The molecule has 1 saturated carbocycles. The first-order valence-corrected chi connectivity index (χ1v) is 13.0. The van der Waals surface area contributed by atoms with Gasteiger partial charge in [-0.1, -0.05) is 25.8 Å². The minimum absolute atomic E-state index is 0.150. The molecule has 0 unspecified atom stereocenters. The number of ether oxygens (including phenoxy) is 2. The second kappa shape index (κ2) is 10.5. The van der Waals surface area contributed by atoms with Crippen LogP contribution in [0.25, 0.3) is 0 Å². The zero-order valence-electron chi connectivity index (χ0n) is 19.8. The number of piperazine rings is 1. The molecule has 8 heteroatoms. The molecule has 0 aromatic carbocycles. The Kier molecular flexibility index (Phi) is 7.71. The van der Waals surface area contributed by atoms with Crippen molar-refractivity contribution in [3.8, 4) is 5.75 Å². The van der Waals surface area contributed by atoms with Gasteiger partial charge in [-0.25, -0.2) is 14.1 Å². The first-order chi connectivity index (χ1) is 15.4. The molecule has 32 heavy (non-hydrogen) atoms. The highest BCUT2D eigenvalue weighted by atomic mass is 32.2. The zero-order valence-corrected chi connectivity index (χ0v) is 20.6. The number of likely N-dealkylation sites (tertiary alicyclic amines) is 1. The number of aromatic nitrogens is 1.